The molecule has 0 radical (unpaired) electrons. The van der Waals surface area contributed by atoms with Gasteiger partial charge in [-0.1, -0.05) is 12.1 Å². The van der Waals surface area contributed by atoms with E-state index < -0.39 is 25.2 Å². The number of nitrogens with one attached hydrogen (secondary N) is 1. The van der Waals surface area contributed by atoms with E-state index in [0.29, 0.717) is 42.3 Å². The maximum Gasteiger partial charge on any atom is 0.255 e. The first-order valence-electron chi connectivity index (χ1n) is 11.3. The molecular weight excluding hydrogens is 442 g/mol. The van der Waals surface area contributed by atoms with Gasteiger partial charge < -0.3 is 25.8 Å². The number of rotatable bonds is 7. The Labute approximate surface area is 194 Å². The molecule has 2 aromatic rings. The van der Waals surface area contributed by atoms with Crippen molar-refractivity contribution < 1.29 is 19.0 Å². The van der Waals surface area contributed by atoms with E-state index >= 15 is 0 Å². The summed E-state index contributed by atoms with van der Waals surface area (Å²) < 4.78 is 26.8. The number of nitrogen functional groups attached to an aromatic ring is 1. The van der Waals surface area contributed by atoms with Crippen LogP contribution in [0.2, 0.25) is 0 Å². The van der Waals surface area contributed by atoms with E-state index in [9.17, 15) is 19.0 Å². The molecule has 2 aliphatic heterocycles. The van der Waals surface area contributed by atoms with Crippen molar-refractivity contribution in [1.82, 2.24) is 19.5 Å². The largest absolute Gasteiger partial charge is 0.397 e. The maximum absolute atomic E-state index is 12.5. The number of fused-ring (bicyclic) bond motifs is 2. The van der Waals surface area contributed by atoms with Crippen molar-refractivity contribution in [2.75, 3.05) is 17.6 Å². The number of halogens is 2. The van der Waals surface area contributed by atoms with Gasteiger partial charge in [-0.2, -0.15) is 0 Å². The smallest absolute Gasteiger partial charge is 0.255 e. The number of aryl methyl sites for hydroxylation is 1. The van der Waals surface area contributed by atoms with Gasteiger partial charge in [-0.05, 0) is 55.0 Å². The number of aromatic nitrogens is 4. The number of benzene rings is 1. The van der Waals surface area contributed by atoms with E-state index in [-0.39, 0.29) is 12.0 Å². The van der Waals surface area contributed by atoms with E-state index in [4.69, 9.17) is 5.73 Å². The molecule has 4 atom stereocenters. The Morgan fingerprint density at radius 3 is 2.76 bits per heavy atom. The number of nitrogens with zero attached hydrogens (tertiary/aromatic N) is 4. The Kier molecular flexibility index (Phi) is 6.01. The van der Waals surface area contributed by atoms with Gasteiger partial charge in [0.1, 0.15) is 23.9 Å². The first-order chi connectivity index (χ1) is 16.4. The third-order valence-electron chi connectivity index (χ3n) is 6.64. The molecular formula is C24H26F2N6O2. The number of aliphatic hydroxyl groups is 2. The predicted molar refractivity (Wildman–Crippen MR) is 125 cm³/mol. The number of hydrogen-bond acceptors (Lipinski definition) is 7. The highest BCUT2D eigenvalue weighted by atomic mass is 19.3. The van der Waals surface area contributed by atoms with Crippen LogP contribution in [-0.4, -0.2) is 54.9 Å². The normalized spacial score (nSPS) is 22.7. The number of alkyl halides is 2. The summed E-state index contributed by atoms with van der Waals surface area (Å²) in [4.78, 5) is 12.9. The van der Waals surface area contributed by atoms with Gasteiger partial charge in [-0.3, -0.25) is 0 Å². The molecule has 34 heavy (non-hydrogen) atoms. The van der Waals surface area contributed by atoms with Crippen molar-refractivity contribution in [3.63, 3.8) is 0 Å². The Balaban J connectivity index is 1.29. The zero-order valence-corrected chi connectivity index (χ0v) is 18.4. The summed E-state index contributed by atoms with van der Waals surface area (Å²) in [6.07, 6.45) is 0.928. The fraction of sp³-hybridized carbons (Fsp3) is 0.375. The number of nitrogens with two attached hydrogens (primary N) is 1. The van der Waals surface area contributed by atoms with Gasteiger partial charge >= 0.3 is 0 Å². The lowest BCUT2D eigenvalue weighted by Crippen LogP contribution is -2.30. The van der Waals surface area contributed by atoms with Gasteiger partial charge in [-0.15, -0.1) is 0 Å². The molecule has 1 fully saturated rings. The molecule has 0 unspecified atom stereocenters. The van der Waals surface area contributed by atoms with Gasteiger partial charge in [0.05, 0.1) is 29.9 Å². The summed E-state index contributed by atoms with van der Waals surface area (Å²) in [5.74, 6) is 0.893. The molecule has 1 aromatic carbocycles. The quantitative estimate of drug-likeness (QED) is 0.329. The van der Waals surface area contributed by atoms with Gasteiger partial charge in [0.25, 0.3) is 6.43 Å². The number of hydrogen-bond donors (Lipinski definition) is 4. The molecule has 1 saturated carbocycles. The Morgan fingerprint density at radius 2 is 1.94 bits per heavy atom. The maximum atomic E-state index is 12.5. The average Bonchev–Trinajstić information content (AvgIpc) is 3.43. The second kappa shape index (κ2) is 9.11. The fourth-order valence-electron chi connectivity index (χ4n) is 4.84. The molecule has 0 saturated heterocycles. The highest BCUT2D eigenvalue weighted by Crippen LogP contribution is 2.40. The molecule has 0 spiro atoms. The summed E-state index contributed by atoms with van der Waals surface area (Å²) in [5, 5.41) is 25.1. The summed E-state index contributed by atoms with van der Waals surface area (Å²) in [5.41, 5.74) is 8.83. The molecule has 0 amide bonds. The van der Waals surface area contributed by atoms with Crippen LogP contribution >= 0.6 is 0 Å². The van der Waals surface area contributed by atoms with Crippen LogP contribution in [-0.2, 0) is 6.42 Å². The van der Waals surface area contributed by atoms with Gasteiger partial charge in [0, 0.05) is 11.6 Å². The SMILES string of the molecule is Nc1ccn([C@@H]2C[C@H](CCc3ccc4ccc(NCC(F)F)nc4c3)[C@@H](O)[C@H]2O)c2ncnc1-2. The summed E-state index contributed by atoms with van der Waals surface area (Å²) in [6, 6.07) is 10.8. The lowest BCUT2D eigenvalue weighted by Gasteiger charge is -2.22. The van der Waals surface area contributed by atoms with Crippen molar-refractivity contribution in [2.45, 2.75) is 43.9 Å². The molecule has 1 aromatic heterocycles. The summed E-state index contributed by atoms with van der Waals surface area (Å²) >= 11 is 0. The van der Waals surface area contributed by atoms with Crippen LogP contribution in [0, 0.1) is 5.92 Å². The minimum atomic E-state index is -2.45. The standard InChI is InChI=1S/C24H26F2N6O2/c25-19(26)11-28-20-6-5-14-3-1-13(9-17(14)31-20)2-4-15-10-18(23(34)22(15)33)32-8-7-16(27)21-24(32)30-12-29-21/h1,3,5-9,12,15,18-19,22-23,33-34H,2,4,10-11,27H2,(H,28,31)/t15-,18+,22+,23-/m0/s1. The first-order valence-corrected chi connectivity index (χ1v) is 11.3. The molecule has 5 N–H and O–H groups in total. The van der Waals surface area contributed by atoms with Gasteiger partial charge in [0.15, 0.2) is 5.82 Å². The van der Waals surface area contributed by atoms with Crippen LogP contribution in [0.1, 0.15) is 24.4 Å². The zero-order chi connectivity index (χ0) is 23.8. The highest BCUT2D eigenvalue weighted by Gasteiger charge is 2.42. The first kappa shape index (κ1) is 22.4. The lowest BCUT2D eigenvalue weighted by molar-refractivity contribution is 0.00501. The van der Waals surface area contributed by atoms with Crippen molar-refractivity contribution in [1.29, 1.82) is 0 Å². The number of anilines is 2. The Hall–Kier alpha value is -3.37. The van der Waals surface area contributed by atoms with Crippen LogP contribution in [0.25, 0.3) is 22.4 Å². The van der Waals surface area contributed by atoms with E-state index in [0.717, 1.165) is 16.5 Å². The van der Waals surface area contributed by atoms with Crippen LogP contribution in [0.5, 0.6) is 0 Å². The van der Waals surface area contributed by atoms with Gasteiger partial charge in [0.2, 0.25) is 0 Å². The van der Waals surface area contributed by atoms with Crippen LogP contribution in [0.15, 0.2) is 48.9 Å². The minimum absolute atomic E-state index is 0.106. The van der Waals surface area contributed by atoms with Crippen LogP contribution in [0.3, 0.4) is 0 Å². The monoisotopic (exact) mass is 468 g/mol. The highest BCUT2D eigenvalue weighted by molar-refractivity contribution is 5.81. The van der Waals surface area contributed by atoms with Crippen molar-refractivity contribution in [3.8, 4) is 11.5 Å². The molecule has 1 aliphatic carbocycles. The zero-order valence-electron chi connectivity index (χ0n) is 18.4. The van der Waals surface area contributed by atoms with Crippen molar-refractivity contribution >= 4 is 22.4 Å². The van der Waals surface area contributed by atoms with Crippen molar-refractivity contribution in [3.05, 3.63) is 54.5 Å². The Morgan fingerprint density at radius 1 is 1.12 bits per heavy atom. The molecule has 178 valence electrons. The molecule has 10 heteroatoms. The molecule has 5 rings (SSSR count). The summed E-state index contributed by atoms with van der Waals surface area (Å²) in [7, 11) is 0. The molecule has 0 bridgehead atoms. The third kappa shape index (κ3) is 4.26. The number of pyridine rings is 2. The predicted octanol–water partition coefficient (Wildman–Crippen LogP) is 3.11. The topological polar surface area (TPSA) is 122 Å². The Bertz CT molecular complexity index is 1270. The van der Waals surface area contributed by atoms with E-state index in [1.54, 1.807) is 18.3 Å². The summed E-state index contributed by atoms with van der Waals surface area (Å²) in [6.45, 7) is -0.449. The lowest BCUT2D eigenvalue weighted by atomic mass is 9.95. The third-order valence-corrected chi connectivity index (χ3v) is 6.64. The van der Waals surface area contributed by atoms with Gasteiger partial charge in [-0.25, -0.2) is 23.7 Å². The van der Waals surface area contributed by atoms with E-state index in [1.807, 2.05) is 28.8 Å². The van der Waals surface area contributed by atoms with E-state index in [2.05, 4.69) is 20.3 Å². The fourth-order valence-corrected chi connectivity index (χ4v) is 4.84. The average molecular weight is 469 g/mol. The molecule has 8 nitrogen and oxygen atoms in total. The number of aliphatic hydroxyl groups excluding tert-OH is 2. The second-order valence-electron chi connectivity index (χ2n) is 8.80. The van der Waals surface area contributed by atoms with Crippen LogP contribution < -0.4 is 11.1 Å². The van der Waals surface area contributed by atoms with Crippen LogP contribution in [0.4, 0.5) is 20.3 Å². The number of imidazole rings is 1. The molecule has 3 heterocycles. The second-order valence-corrected chi connectivity index (χ2v) is 8.80. The minimum Gasteiger partial charge on any atom is -0.397 e. The molecule has 3 aliphatic rings. The van der Waals surface area contributed by atoms with E-state index in [1.165, 1.54) is 6.33 Å². The van der Waals surface area contributed by atoms with Crippen molar-refractivity contribution in [2.24, 2.45) is 5.92 Å².